The molecule has 1 unspecified atom stereocenters. The highest BCUT2D eigenvalue weighted by molar-refractivity contribution is 7.10. The number of carbonyl (C=O) groups excluding carboxylic acids is 2. The van der Waals surface area contributed by atoms with Gasteiger partial charge in [0.15, 0.2) is 0 Å². The predicted octanol–water partition coefficient (Wildman–Crippen LogP) is 4.47. The average Bonchev–Trinajstić information content (AvgIpc) is 3.11. The van der Waals surface area contributed by atoms with E-state index in [1.54, 1.807) is 29.5 Å². The van der Waals surface area contributed by atoms with Crippen LogP contribution in [0.4, 0.5) is 0 Å². The summed E-state index contributed by atoms with van der Waals surface area (Å²) in [6.07, 6.45) is 2.49. The van der Waals surface area contributed by atoms with Gasteiger partial charge in [0.25, 0.3) is 0 Å². The smallest absolute Gasteiger partial charge is 0.245 e. The van der Waals surface area contributed by atoms with E-state index in [-0.39, 0.29) is 18.2 Å². The van der Waals surface area contributed by atoms with Crippen LogP contribution < -0.4 is 5.32 Å². The molecule has 27 heavy (non-hydrogen) atoms. The first-order chi connectivity index (χ1) is 13.0. The van der Waals surface area contributed by atoms with Crippen molar-refractivity contribution in [2.24, 2.45) is 0 Å². The lowest BCUT2D eigenvalue weighted by atomic mass is 10.1. The zero-order valence-electron chi connectivity index (χ0n) is 15.1. The maximum atomic E-state index is 13.0. The first kappa shape index (κ1) is 20.2. The van der Waals surface area contributed by atoms with Crippen molar-refractivity contribution in [1.29, 1.82) is 0 Å². The third kappa shape index (κ3) is 5.03. The number of fused-ring (bicyclic) bond motifs is 1. The first-order valence-corrected chi connectivity index (χ1v) is 10.7. The molecule has 1 N–H and O–H groups in total. The van der Waals surface area contributed by atoms with E-state index in [1.165, 1.54) is 10.4 Å². The number of amides is 2. The number of rotatable bonds is 6. The summed E-state index contributed by atoms with van der Waals surface area (Å²) in [5.74, 6) is -0.190. The number of carbonyl (C=O) groups is 2. The number of thiophene rings is 1. The lowest BCUT2D eigenvalue weighted by Gasteiger charge is -2.31. The van der Waals surface area contributed by atoms with E-state index in [2.05, 4.69) is 16.8 Å². The molecule has 1 aromatic heterocycles. The number of nitrogens with zero attached hydrogens (tertiary/aromatic N) is 1. The quantitative estimate of drug-likeness (QED) is 0.743. The lowest BCUT2D eigenvalue weighted by Crippen LogP contribution is -2.50. The van der Waals surface area contributed by atoms with E-state index < -0.39 is 6.04 Å². The molecule has 0 radical (unpaired) electrons. The molecule has 4 nitrogen and oxygen atoms in total. The zero-order chi connectivity index (χ0) is 19.4. The Morgan fingerprint density at radius 2 is 2.07 bits per heavy atom. The highest BCUT2D eigenvalue weighted by Gasteiger charge is 2.28. The summed E-state index contributed by atoms with van der Waals surface area (Å²) >= 11 is 13.7. The molecular formula is C20H22Cl2N2O2S. The molecule has 144 valence electrons. The molecule has 0 spiro atoms. The second-order valence-corrected chi connectivity index (χ2v) is 8.53. The Labute approximate surface area is 173 Å². The Bertz CT molecular complexity index is 837. The van der Waals surface area contributed by atoms with Crippen LogP contribution in [0.5, 0.6) is 0 Å². The zero-order valence-corrected chi connectivity index (χ0v) is 17.5. The van der Waals surface area contributed by atoms with Crippen molar-refractivity contribution in [3.05, 3.63) is 55.7 Å². The Morgan fingerprint density at radius 3 is 2.81 bits per heavy atom. The number of benzene rings is 1. The van der Waals surface area contributed by atoms with Crippen molar-refractivity contribution >= 4 is 46.4 Å². The molecule has 1 aliphatic heterocycles. The minimum Gasteiger partial charge on any atom is -0.344 e. The van der Waals surface area contributed by atoms with Crippen LogP contribution in [-0.2, 0) is 29.0 Å². The number of nitrogens with one attached hydrogen (secondary N) is 1. The van der Waals surface area contributed by atoms with Crippen LogP contribution in [0.2, 0.25) is 10.0 Å². The van der Waals surface area contributed by atoms with E-state index in [1.807, 2.05) is 11.8 Å². The van der Waals surface area contributed by atoms with Gasteiger partial charge in [-0.05, 0) is 47.5 Å². The number of hydrogen-bond donors (Lipinski definition) is 1. The van der Waals surface area contributed by atoms with E-state index in [0.29, 0.717) is 29.6 Å². The maximum absolute atomic E-state index is 13.0. The molecule has 0 saturated carbocycles. The second-order valence-electron chi connectivity index (χ2n) is 6.71. The van der Waals surface area contributed by atoms with Crippen molar-refractivity contribution in [1.82, 2.24) is 10.2 Å². The average molecular weight is 425 g/mol. The van der Waals surface area contributed by atoms with Gasteiger partial charge in [0.1, 0.15) is 6.04 Å². The Morgan fingerprint density at radius 1 is 1.26 bits per heavy atom. The Hall–Kier alpha value is -1.56. The molecular weight excluding hydrogens is 403 g/mol. The fourth-order valence-corrected chi connectivity index (χ4v) is 4.49. The van der Waals surface area contributed by atoms with Gasteiger partial charge in [-0.1, -0.05) is 42.6 Å². The summed E-state index contributed by atoms with van der Waals surface area (Å²) < 4.78 is 0. The van der Waals surface area contributed by atoms with Crippen LogP contribution in [0.3, 0.4) is 0 Å². The third-order valence-electron chi connectivity index (χ3n) is 4.68. The van der Waals surface area contributed by atoms with Crippen molar-refractivity contribution in [3.8, 4) is 0 Å². The first-order valence-electron chi connectivity index (χ1n) is 9.05. The molecule has 0 aliphatic carbocycles. The molecule has 1 atom stereocenters. The van der Waals surface area contributed by atoms with E-state index in [4.69, 9.17) is 23.2 Å². The number of hydrogen-bond acceptors (Lipinski definition) is 3. The molecule has 1 aliphatic rings. The van der Waals surface area contributed by atoms with Gasteiger partial charge in [-0.3, -0.25) is 9.59 Å². The minimum absolute atomic E-state index is 0.00353. The highest BCUT2D eigenvalue weighted by atomic mass is 35.5. The maximum Gasteiger partial charge on any atom is 0.245 e. The second kappa shape index (κ2) is 9.09. The summed E-state index contributed by atoms with van der Waals surface area (Å²) in [4.78, 5) is 28.7. The molecule has 0 saturated heterocycles. The summed E-state index contributed by atoms with van der Waals surface area (Å²) in [6.45, 7) is 3.34. The van der Waals surface area contributed by atoms with Gasteiger partial charge in [0.2, 0.25) is 11.8 Å². The monoisotopic (exact) mass is 424 g/mol. The summed E-state index contributed by atoms with van der Waals surface area (Å²) in [5.41, 5.74) is 1.99. The van der Waals surface area contributed by atoms with Gasteiger partial charge in [-0.15, -0.1) is 11.3 Å². The predicted molar refractivity (Wildman–Crippen MR) is 110 cm³/mol. The van der Waals surface area contributed by atoms with Crippen molar-refractivity contribution in [2.75, 3.05) is 6.54 Å². The van der Waals surface area contributed by atoms with Crippen LogP contribution in [0.25, 0.3) is 0 Å². The van der Waals surface area contributed by atoms with Crippen molar-refractivity contribution in [3.63, 3.8) is 0 Å². The Balaban J connectivity index is 1.63. The normalized spacial score (nSPS) is 14.6. The molecule has 1 aromatic carbocycles. The van der Waals surface area contributed by atoms with Gasteiger partial charge in [-0.25, -0.2) is 0 Å². The van der Waals surface area contributed by atoms with E-state index in [9.17, 15) is 9.59 Å². The molecule has 7 heteroatoms. The van der Waals surface area contributed by atoms with Crippen molar-refractivity contribution < 1.29 is 9.59 Å². The number of halogens is 2. The molecule has 3 rings (SSSR count). The van der Waals surface area contributed by atoms with E-state index >= 15 is 0 Å². The van der Waals surface area contributed by atoms with Crippen LogP contribution in [0.15, 0.2) is 29.6 Å². The van der Waals surface area contributed by atoms with Gasteiger partial charge >= 0.3 is 0 Å². The topological polar surface area (TPSA) is 49.4 Å². The fraction of sp³-hybridized carbons (Fsp3) is 0.400. The van der Waals surface area contributed by atoms with Gasteiger partial charge in [0.05, 0.1) is 16.5 Å². The highest BCUT2D eigenvalue weighted by Crippen LogP contribution is 2.25. The molecule has 2 heterocycles. The van der Waals surface area contributed by atoms with Gasteiger partial charge in [-0.2, -0.15) is 0 Å². The Kier molecular flexibility index (Phi) is 6.79. The van der Waals surface area contributed by atoms with Crippen LogP contribution in [0, 0.1) is 0 Å². The van der Waals surface area contributed by atoms with Crippen molar-refractivity contribution in [2.45, 2.75) is 45.2 Å². The minimum atomic E-state index is -0.495. The van der Waals surface area contributed by atoms with Crippen LogP contribution in [-0.4, -0.2) is 29.3 Å². The van der Waals surface area contributed by atoms with Crippen LogP contribution >= 0.6 is 34.5 Å². The SMILES string of the molecule is CCCC(NC(=O)Cc1ccc(Cl)c(Cl)c1)C(=O)N1CCc2sccc2C1. The van der Waals surface area contributed by atoms with Gasteiger partial charge < -0.3 is 10.2 Å². The van der Waals surface area contributed by atoms with E-state index in [0.717, 1.165) is 18.4 Å². The molecule has 2 amide bonds. The summed E-state index contributed by atoms with van der Waals surface area (Å²) in [5, 5.41) is 5.86. The molecule has 0 fully saturated rings. The summed E-state index contributed by atoms with van der Waals surface area (Å²) in [7, 11) is 0. The van der Waals surface area contributed by atoms with Gasteiger partial charge in [0, 0.05) is 18.0 Å². The molecule has 2 aromatic rings. The van der Waals surface area contributed by atoms with Crippen LogP contribution in [0.1, 0.15) is 35.8 Å². The molecule has 0 bridgehead atoms. The lowest BCUT2D eigenvalue weighted by molar-refractivity contribution is -0.137. The third-order valence-corrected chi connectivity index (χ3v) is 6.44. The standard InChI is InChI=1S/C20H22Cl2N2O2S/c1-2-3-17(20(26)24-8-6-18-14(12-24)7-9-27-18)23-19(25)11-13-4-5-15(21)16(22)10-13/h4-5,7,9-10,17H,2-3,6,8,11-12H2,1H3,(H,23,25). The fourth-order valence-electron chi connectivity index (χ4n) is 3.28. The summed E-state index contributed by atoms with van der Waals surface area (Å²) in [6, 6.07) is 6.71. The largest absolute Gasteiger partial charge is 0.344 e.